The van der Waals surface area contributed by atoms with Gasteiger partial charge in [0, 0.05) is 31.6 Å². The molecular weight excluding hydrogens is 358 g/mol. The number of ether oxygens (including phenoxy) is 1. The van der Waals surface area contributed by atoms with Crippen LogP contribution in [0.15, 0.2) is 42.5 Å². The van der Waals surface area contributed by atoms with Crippen molar-refractivity contribution < 1.29 is 27.9 Å². The number of rotatable bonds is 6. The Bertz CT molecular complexity index is 853. The van der Waals surface area contributed by atoms with Crippen LogP contribution < -0.4 is 10.2 Å². The van der Waals surface area contributed by atoms with E-state index in [2.05, 4.69) is 10.1 Å². The van der Waals surface area contributed by atoms with Gasteiger partial charge in [-0.05, 0) is 36.4 Å². The molecule has 0 unspecified atom stereocenters. The number of carbonyl (C=O) groups excluding carboxylic acids is 3. The highest BCUT2D eigenvalue weighted by Crippen LogP contribution is 2.21. The Morgan fingerprint density at radius 2 is 1.74 bits per heavy atom. The lowest BCUT2D eigenvalue weighted by Gasteiger charge is -2.21. The van der Waals surface area contributed by atoms with Crippen LogP contribution in [-0.4, -0.2) is 31.4 Å². The Balaban J connectivity index is 2.00. The lowest BCUT2D eigenvalue weighted by atomic mass is 10.2. The fraction of sp³-hybridized carbons (Fsp3) is 0.211. The number of methoxy groups -OCH3 is 1. The zero-order valence-electron chi connectivity index (χ0n) is 14.8. The number of hydrogen-bond donors (Lipinski definition) is 1. The van der Waals surface area contributed by atoms with Crippen LogP contribution in [0.1, 0.15) is 23.7 Å². The smallest absolute Gasteiger partial charge is 0.337 e. The number of anilines is 2. The van der Waals surface area contributed by atoms with Gasteiger partial charge < -0.3 is 15.0 Å². The number of hydrogen-bond acceptors (Lipinski definition) is 4. The van der Waals surface area contributed by atoms with Crippen molar-refractivity contribution in [1.29, 1.82) is 0 Å². The molecule has 2 aromatic rings. The maximum atomic E-state index is 13.9. The molecule has 142 valence electrons. The van der Waals surface area contributed by atoms with E-state index < -0.39 is 29.4 Å². The molecule has 8 heteroatoms. The molecule has 2 rings (SSSR count). The van der Waals surface area contributed by atoms with Crippen LogP contribution in [-0.2, 0) is 14.3 Å². The summed E-state index contributed by atoms with van der Waals surface area (Å²) in [4.78, 5) is 36.3. The zero-order chi connectivity index (χ0) is 20.0. The van der Waals surface area contributed by atoms with E-state index in [0.717, 1.165) is 17.0 Å². The van der Waals surface area contributed by atoms with Crippen LogP contribution in [0, 0.1) is 11.6 Å². The van der Waals surface area contributed by atoms with Crippen LogP contribution in [0.25, 0.3) is 0 Å². The number of carbonyl (C=O) groups is 3. The average Bonchev–Trinajstić information content (AvgIpc) is 2.63. The van der Waals surface area contributed by atoms with Gasteiger partial charge in [-0.1, -0.05) is 0 Å². The summed E-state index contributed by atoms with van der Waals surface area (Å²) in [7, 11) is 1.27. The largest absolute Gasteiger partial charge is 0.465 e. The first-order valence-corrected chi connectivity index (χ1v) is 8.03. The van der Waals surface area contributed by atoms with Crippen molar-refractivity contribution in [1.82, 2.24) is 0 Å². The Hall–Kier alpha value is -3.29. The molecule has 0 radical (unpaired) electrons. The first-order valence-electron chi connectivity index (χ1n) is 8.03. The molecule has 0 saturated heterocycles. The monoisotopic (exact) mass is 376 g/mol. The van der Waals surface area contributed by atoms with Gasteiger partial charge in [-0.3, -0.25) is 9.59 Å². The number of benzene rings is 2. The zero-order valence-corrected chi connectivity index (χ0v) is 14.8. The molecule has 0 aliphatic rings. The summed E-state index contributed by atoms with van der Waals surface area (Å²) in [6, 6.07) is 8.93. The molecule has 0 spiro atoms. The first-order chi connectivity index (χ1) is 12.8. The fourth-order valence-corrected chi connectivity index (χ4v) is 2.39. The number of amides is 2. The van der Waals surface area contributed by atoms with Crippen LogP contribution in [0.5, 0.6) is 0 Å². The fourth-order valence-electron chi connectivity index (χ4n) is 2.39. The molecule has 0 fully saturated rings. The van der Waals surface area contributed by atoms with Gasteiger partial charge >= 0.3 is 5.97 Å². The van der Waals surface area contributed by atoms with Gasteiger partial charge in [-0.15, -0.1) is 0 Å². The Morgan fingerprint density at radius 1 is 1.07 bits per heavy atom. The highest BCUT2D eigenvalue weighted by molar-refractivity contribution is 5.95. The summed E-state index contributed by atoms with van der Waals surface area (Å²) in [5.74, 6) is -3.02. The number of nitrogens with one attached hydrogen (secondary N) is 1. The van der Waals surface area contributed by atoms with E-state index in [-0.39, 0.29) is 18.7 Å². The first kappa shape index (κ1) is 20.0. The third-order valence-electron chi connectivity index (χ3n) is 3.73. The predicted octanol–water partition coefficient (Wildman–Crippen LogP) is 3.13. The molecule has 2 amide bonds. The lowest BCUT2D eigenvalue weighted by molar-refractivity contribution is -0.117. The molecule has 2 aromatic carbocycles. The van der Waals surface area contributed by atoms with Gasteiger partial charge in [0.05, 0.1) is 18.4 Å². The van der Waals surface area contributed by atoms with Crippen LogP contribution in [0.2, 0.25) is 0 Å². The molecule has 0 aromatic heterocycles. The van der Waals surface area contributed by atoms with E-state index in [1.54, 1.807) is 0 Å². The second kappa shape index (κ2) is 8.88. The van der Waals surface area contributed by atoms with Crippen LogP contribution >= 0.6 is 0 Å². The summed E-state index contributed by atoms with van der Waals surface area (Å²) in [5, 5.41) is 2.61. The topological polar surface area (TPSA) is 75.7 Å². The minimum Gasteiger partial charge on any atom is -0.465 e. The van der Waals surface area contributed by atoms with E-state index in [9.17, 15) is 23.2 Å². The summed E-state index contributed by atoms with van der Waals surface area (Å²) in [6.45, 7) is 1.15. The Labute approximate surface area is 154 Å². The van der Waals surface area contributed by atoms with Crippen LogP contribution in [0.4, 0.5) is 20.2 Å². The Kier molecular flexibility index (Phi) is 6.59. The molecule has 0 aliphatic heterocycles. The Morgan fingerprint density at radius 3 is 2.30 bits per heavy atom. The van der Waals surface area contributed by atoms with Gasteiger partial charge in [0.2, 0.25) is 11.8 Å². The van der Waals surface area contributed by atoms with Gasteiger partial charge in [0.15, 0.2) is 0 Å². The minimum atomic E-state index is -0.885. The highest BCUT2D eigenvalue weighted by Gasteiger charge is 2.17. The highest BCUT2D eigenvalue weighted by atomic mass is 19.1. The standard InChI is InChI=1S/C19H18F2N2O4/c1-12(24)23(17-8-5-14(20)11-16(17)21)10-9-18(25)22-15-6-3-13(4-7-15)19(26)27-2/h3-8,11H,9-10H2,1-2H3,(H,22,25). The molecule has 0 aliphatic carbocycles. The van der Waals surface area contributed by atoms with Crippen molar-refractivity contribution in [2.75, 3.05) is 23.9 Å². The lowest BCUT2D eigenvalue weighted by Crippen LogP contribution is -2.32. The molecule has 0 atom stereocenters. The molecule has 6 nitrogen and oxygen atoms in total. The quantitative estimate of drug-likeness (QED) is 0.786. The average molecular weight is 376 g/mol. The normalized spacial score (nSPS) is 10.2. The molecule has 0 saturated carbocycles. The summed E-state index contributed by atoms with van der Waals surface area (Å²) >= 11 is 0. The molecule has 0 heterocycles. The van der Waals surface area contributed by atoms with E-state index in [0.29, 0.717) is 17.3 Å². The summed E-state index contributed by atoms with van der Waals surface area (Å²) < 4.78 is 31.5. The maximum Gasteiger partial charge on any atom is 0.337 e. The predicted molar refractivity (Wildman–Crippen MR) is 95.4 cm³/mol. The van der Waals surface area contributed by atoms with E-state index in [1.165, 1.54) is 38.3 Å². The number of nitrogens with zero attached hydrogens (tertiary/aromatic N) is 1. The van der Waals surface area contributed by atoms with E-state index in [1.807, 2.05) is 0 Å². The van der Waals surface area contributed by atoms with Gasteiger partial charge in [0.25, 0.3) is 0 Å². The van der Waals surface area contributed by atoms with Gasteiger partial charge in [-0.2, -0.15) is 0 Å². The van der Waals surface area contributed by atoms with E-state index >= 15 is 0 Å². The summed E-state index contributed by atoms with van der Waals surface area (Å²) in [5.41, 5.74) is 0.694. The van der Waals surface area contributed by atoms with Crippen molar-refractivity contribution in [2.24, 2.45) is 0 Å². The molecule has 0 bridgehead atoms. The van der Waals surface area contributed by atoms with Crippen molar-refractivity contribution in [3.8, 4) is 0 Å². The minimum absolute atomic E-state index is 0.0794. The second-order valence-electron chi connectivity index (χ2n) is 5.63. The van der Waals surface area contributed by atoms with Gasteiger partial charge in [0.1, 0.15) is 11.6 Å². The van der Waals surface area contributed by atoms with Crippen molar-refractivity contribution >= 4 is 29.2 Å². The SMILES string of the molecule is COC(=O)c1ccc(NC(=O)CCN(C(C)=O)c2ccc(F)cc2F)cc1. The number of esters is 1. The third kappa shape index (κ3) is 5.34. The molecule has 1 N–H and O–H groups in total. The van der Waals surface area contributed by atoms with Crippen molar-refractivity contribution in [3.63, 3.8) is 0 Å². The third-order valence-corrected chi connectivity index (χ3v) is 3.73. The van der Waals surface area contributed by atoms with Crippen molar-refractivity contribution in [3.05, 3.63) is 59.7 Å². The maximum absolute atomic E-state index is 13.9. The van der Waals surface area contributed by atoms with Crippen LogP contribution in [0.3, 0.4) is 0 Å². The van der Waals surface area contributed by atoms with Gasteiger partial charge in [-0.25, -0.2) is 13.6 Å². The van der Waals surface area contributed by atoms with E-state index in [4.69, 9.17) is 0 Å². The molecular formula is C19H18F2N2O4. The van der Waals surface area contributed by atoms with Crippen molar-refractivity contribution in [2.45, 2.75) is 13.3 Å². The second-order valence-corrected chi connectivity index (χ2v) is 5.63. The molecule has 27 heavy (non-hydrogen) atoms. The number of halogens is 2. The summed E-state index contributed by atoms with van der Waals surface area (Å²) in [6.07, 6.45) is -0.102.